The summed E-state index contributed by atoms with van der Waals surface area (Å²) in [6, 6.07) is 5.17. The van der Waals surface area contributed by atoms with Gasteiger partial charge in [0.05, 0.1) is 25.6 Å². The molecule has 0 atom stereocenters. The van der Waals surface area contributed by atoms with Crippen molar-refractivity contribution in [3.8, 4) is 0 Å². The van der Waals surface area contributed by atoms with Crippen LogP contribution in [0.2, 0.25) is 0 Å². The number of piperidine rings is 1. The van der Waals surface area contributed by atoms with Gasteiger partial charge in [-0.25, -0.2) is 4.79 Å². The summed E-state index contributed by atoms with van der Waals surface area (Å²) >= 11 is 0. The van der Waals surface area contributed by atoms with Crippen molar-refractivity contribution in [1.29, 1.82) is 0 Å². The van der Waals surface area contributed by atoms with E-state index in [1.807, 2.05) is 32.0 Å². The molecule has 26 heavy (non-hydrogen) atoms. The van der Waals surface area contributed by atoms with Crippen molar-refractivity contribution < 1.29 is 24.0 Å². The van der Waals surface area contributed by atoms with Crippen molar-refractivity contribution in [2.75, 3.05) is 31.6 Å². The first kappa shape index (κ1) is 19.9. The van der Waals surface area contributed by atoms with Crippen LogP contribution in [0.5, 0.6) is 0 Å². The highest BCUT2D eigenvalue weighted by molar-refractivity contribution is 6.01. The number of aryl methyl sites for hydroxylation is 2. The molecule has 0 spiro atoms. The number of imide groups is 1. The first-order valence-electron chi connectivity index (χ1n) is 9.07. The standard InChI is InChI=1S/C19H27N3O4/c1-4-26-18(24)15-7-9-22(10-8-15)12-17(23)21-19(25)20-16-6-5-13(2)11-14(16)3/h5-6,11,15H,4,7-10,12H2,1-3H3,(H2,20,21,23,25)/p+1. The smallest absolute Gasteiger partial charge is 0.326 e. The van der Waals surface area contributed by atoms with Crippen LogP contribution in [0.15, 0.2) is 18.2 Å². The predicted octanol–water partition coefficient (Wildman–Crippen LogP) is 0.810. The Bertz CT molecular complexity index is 667. The molecule has 1 aromatic carbocycles. The highest BCUT2D eigenvalue weighted by Gasteiger charge is 2.29. The van der Waals surface area contributed by atoms with E-state index in [0.717, 1.165) is 29.1 Å². The highest BCUT2D eigenvalue weighted by atomic mass is 16.5. The van der Waals surface area contributed by atoms with Crippen LogP contribution in [0.3, 0.4) is 0 Å². The minimum atomic E-state index is -0.525. The number of ether oxygens (including phenoxy) is 1. The average Bonchev–Trinajstić information content (AvgIpc) is 2.58. The number of hydrogen-bond acceptors (Lipinski definition) is 4. The van der Waals surface area contributed by atoms with Gasteiger partial charge in [-0.15, -0.1) is 0 Å². The number of carbonyl (C=O) groups is 3. The fourth-order valence-corrected chi connectivity index (χ4v) is 3.20. The number of rotatable bonds is 5. The topological polar surface area (TPSA) is 88.9 Å². The molecule has 1 saturated heterocycles. The maximum absolute atomic E-state index is 12.1. The molecule has 0 unspecified atom stereocenters. The molecule has 1 fully saturated rings. The molecule has 3 N–H and O–H groups in total. The van der Waals surface area contributed by atoms with Gasteiger partial charge in [0.15, 0.2) is 6.54 Å². The van der Waals surface area contributed by atoms with Crippen molar-refractivity contribution in [2.45, 2.75) is 33.6 Å². The van der Waals surface area contributed by atoms with Crippen LogP contribution >= 0.6 is 0 Å². The molecule has 142 valence electrons. The monoisotopic (exact) mass is 362 g/mol. The predicted molar refractivity (Wildman–Crippen MR) is 98.0 cm³/mol. The molecule has 2 rings (SSSR count). The van der Waals surface area contributed by atoms with Crippen LogP contribution in [0.25, 0.3) is 0 Å². The molecule has 0 bridgehead atoms. The highest BCUT2D eigenvalue weighted by Crippen LogP contribution is 2.15. The minimum absolute atomic E-state index is 0.0745. The number of hydrogen-bond donors (Lipinski definition) is 3. The third-order valence-electron chi connectivity index (χ3n) is 4.61. The van der Waals surface area contributed by atoms with E-state index < -0.39 is 6.03 Å². The summed E-state index contributed by atoms with van der Waals surface area (Å²) < 4.78 is 5.04. The lowest BCUT2D eigenvalue weighted by Gasteiger charge is -2.27. The zero-order valence-corrected chi connectivity index (χ0v) is 15.7. The summed E-state index contributed by atoms with van der Waals surface area (Å²) in [4.78, 5) is 36.9. The van der Waals surface area contributed by atoms with Gasteiger partial charge in [0.1, 0.15) is 0 Å². The Morgan fingerprint density at radius 3 is 2.50 bits per heavy atom. The van der Waals surface area contributed by atoms with Gasteiger partial charge in [-0.05, 0) is 32.4 Å². The van der Waals surface area contributed by atoms with Crippen LogP contribution in [0.4, 0.5) is 10.5 Å². The second-order valence-electron chi connectivity index (χ2n) is 6.77. The Kier molecular flexibility index (Phi) is 7.15. The molecule has 1 heterocycles. The van der Waals surface area contributed by atoms with Gasteiger partial charge < -0.3 is 15.0 Å². The molecular formula is C19H28N3O4+. The number of likely N-dealkylation sites (tertiary alicyclic amines) is 1. The zero-order chi connectivity index (χ0) is 19.1. The molecule has 1 aliphatic heterocycles. The van der Waals surface area contributed by atoms with E-state index in [4.69, 9.17) is 4.74 Å². The first-order valence-corrected chi connectivity index (χ1v) is 9.07. The molecule has 7 heteroatoms. The van der Waals surface area contributed by atoms with Gasteiger partial charge in [-0.2, -0.15) is 0 Å². The van der Waals surface area contributed by atoms with Gasteiger partial charge in [0.25, 0.3) is 5.91 Å². The van der Waals surface area contributed by atoms with Crippen molar-refractivity contribution in [1.82, 2.24) is 5.32 Å². The number of carbonyl (C=O) groups excluding carboxylic acids is 3. The van der Waals surface area contributed by atoms with Crippen molar-refractivity contribution in [3.63, 3.8) is 0 Å². The van der Waals surface area contributed by atoms with Crippen molar-refractivity contribution in [2.24, 2.45) is 5.92 Å². The maximum Gasteiger partial charge on any atom is 0.326 e. The van der Waals surface area contributed by atoms with Crippen molar-refractivity contribution in [3.05, 3.63) is 29.3 Å². The number of quaternary nitrogens is 1. The number of esters is 1. The van der Waals surface area contributed by atoms with E-state index in [1.54, 1.807) is 6.92 Å². The third-order valence-corrected chi connectivity index (χ3v) is 4.61. The second kappa shape index (κ2) is 9.33. The first-order chi connectivity index (χ1) is 12.4. The third kappa shape index (κ3) is 5.84. The summed E-state index contributed by atoms with van der Waals surface area (Å²) in [5, 5.41) is 5.07. The SMILES string of the molecule is CCOC(=O)C1CC[NH+](CC(=O)NC(=O)Nc2ccc(C)cc2C)CC1. The summed E-state index contributed by atoms with van der Waals surface area (Å²) in [6.07, 6.45) is 1.41. The molecule has 7 nitrogen and oxygen atoms in total. The Morgan fingerprint density at radius 1 is 1.19 bits per heavy atom. The lowest BCUT2D eigenvalue weighted by Crippen LogP contribution is -3.14. The van der Waals surface area contributed by atoms with Gasteiger partial charge in [-0.3, -0.25) is 14.9 Å². The Morgan fingerprint density at radius 2 is 1.88 bits per heavy atom. The fraction of sp³-hybridized carbons (Fsp3) is 0.526. The van der Waals surface area contributed by atoms with E-state index in [1.165, 1.54) is 0 Å². The molecule has 1 aliphatic rings. The molecule has 1 aromatic rings. The second-order valence-corrected chi connectivity index (χ2v) is 6.77. The molecule has 0 aromatic heterocycles. The Hall–Kier alpha value is -2.41. The van der Waals surface area contributed by atoms with Gasteiger partial charge in [-0.1, -0.05) is 17.7 Å². The molecular weight excluding hydrogens is 334 g/mol. The van der Waals surface area contributed by atoms with E-state index in [2.05, 4.69) is 10.6 Å². The Balaban J connectivity index is 1.75. The van der Waals surface area contributed by atoms with Gasteiger partial charge in [0, 0.05) is 18.5 Å². The lowest BCUT2D eigenvalue weighted by molar-refractivity contribution is -0.897. The van der Waals surface area contributed by atoms with Gasteiger partial charge in [0.2, 0.25) is 0 Å². The largest absolute Gasteiger partial charge is 0.466 e. The van der Waals surface area contributed by atoms with Crippen molar-refractivity contribution >= 4 is 23.6 Å². The van der Waals surface area contributed by atoms with Crippen LogP contribution in [0, 0.1) is 19.8 Å². The number of amides is 3. The zero-order valence-electron chi connectivity index (χ0n) is 15.7. The van der Waals surface area contributed by atoms with Gasteiger partial charge >= 0.3 is 12.0 Å². The molecule has 0 aliphatic carbocycles. The minimum Gasteiger partial charge on any atom is -0.466 e. The number of urea groups is 1. The molecule has 0 radical (unpaired) electrons. The summed E-state index contributed by atoms with van der Waals surface area (Å²) in [7, 11) is 0. The van der Waals surface area contributed by atoms with Crippen LogP contribution < -0.4 is 15.5 Å². The van der Waals surface area contributed by atoms with E-state index in [-0.39, 0.29) is 24.3 Å². The normalized spacial score (nSPS) is 19.5. The van der Waals surface area contributed by atoms with Crippen LogP contribution in [-0.2, 0) is 14.3 Å². The summed E-state index contributed by atoms with van der Waals surface area (Å²) in [6.45, 7) is 7.73. The quantitative estimate of drug-likeness (QED) is 0.677. The van der Waals surface area contributed by atoms with E-state index in [9.17, 15) is 14.4 Å². The van der Waals surface area contributed by atoms with Crippen LogP contribution in [0.1, 0.15) is 30.9 Å². The van der Waals surface area contributed by atoms with E-state index >= 15 is 0 Å². The number of benzene rings is 1. The molecule has 3 amide bonds. The van der Waals surface area contributed by atoms with E-state index in [0.29, 0.717) is 25.1 Å². The average molecular weight is 362 g/mol. The molecule has 0 saturated carbocycles. The maximum atomic E-state index is 12.1. The van der Waals surface area contributed by atoms with Crippen LogP contribution in [-0.4, -0.2) is 44.1 Å². The summed E-state index contributed by atoms with van der Waals surface area (Å²) in [5.41, 5.74) is 2.74. The number of anilines is 1. The summed E-state index contributed by atoms with van der Waals surface area (Å²) in [5.74, 6) is -0.546. The fourth-order valence-electron chi connectivity index (χ4n) is 3.20. The lowest BCUT2D eigenvalue weighted by atomic mass is 9.97. The number of nitrogens with one attached hydrogen (secondary N) is 3. The Labute approximate surface area is 154 Å².